The van der Waals surface area contributed by atoms with Crippen LogP contribution in [0.3, 0.4) is 0 Å². The number of nitrogens with one attached hydrogen (secondary N) is 1. The van der Waals surface area contributed by atoms with Gasteiger partial charge in [-0.3, -0.25) is 14.4 Å². The number of nitrogens with two attached hydrogens (primary N) is 1. The second-order valence-electron chi connectivity index (χ2n) is 7.07. The normalized spacial score (nSPS) is 15.0. The summed E-state index contributed by atoms with van der Waals surface area (Å²) < 4.78 is 28.3. The third-order valence-electron chi connectivity index (χ3n) is 5.20. The van der Waals surface area contributed by atoms with Crippen molar-refractivity contribution < 1.29 is 23.5 Å². The maximum absolute atomic E-state index is 13.8. The molecule has 10 heteroatoms. The first kappa shape index (κ1) is 21.4. The molecule has 30 heavy (non-hydrogen) atoms. The number of rotatable bonds is 5. The highest BCUT2D eigenvalue weighted by Gasteiger charge is 2.35. The lowest BCUT2D eigenvalue weighted by atomic mass is 10.0. The zero-order chi connectivity index (χ0) is 22.2. The summed E-state index contributed by atoms with van der Waals surface area (Å²) in [6.45, 7) is 2.02. The molecule has 4 N–H and O–H groups in total. The molecule has 1 aliphatic heterocycles. The Kier molecular flexibility index (Phi) is 5.88. The summed E-state index contributed by atoms with van der Waals surface area (Å²) in [5.41, 5.74) is 4.61. The van der Waals surface area contributed by atoms with Crippen molar-refractivity contribution in [3.05, 3.63) is 62.6 Å². The molecule has 1 aromatic heterocycles. The number of amides is 2. The van der Waals surface area contributed by atoms with Gasteiger partial charge >= 0.3 is 0 Å². The van der Waals surface area contributed by atoms with E-state index in [9.17, 15) is 28.3 Å². The van der Waals surface area contributed by atoms with E-state index in [0.717, 1.165) is 6.07 Å². The van der Waals surface area contributed by atoms with Gasteiger partial charge in [0.05, 0.1) is 5.69 Å². The second kappa shape index (κ2) is 8.23. The lowest BCUT2D eigenvalue weighted by Gasteiger charge is -2.21. The highest BCUT2D eigenvalue weighted by atomic mass is 19.1. The van der Waals surface area contributed by atoms with Crippen LogP contribution in [-0.4, -0.2) is 40.0 Å². The van der Waals surface area contributed by atoms with Crippen molar-refractivity contribution in [3.8, 4) is 5.75 Å². The fraction of sp³-hybridized carbons (Fsp3) is 0.350. The molecule has 0 spiro atoms. The van der Waals surface area contributed by atoms with Crippen LogP contribution in [0.15, 0.2) is 23.0 Å². The van der Waals surface area contributed by atoms with E-state index in [2.05, 4.69) is 5.32 Å². The Bertz CT molecular complexity index is 1080. The van der Waals surface area contributed by atoms with E-state index in [4.69, 9.17) is 5.73 Å². The molecule has 0 aliphatic carbocycles. The molecule has 2 heterocycles. The molecule has 0 saturated carbocycles. The Morgan fingerprint density at radius 3 is 2.70 bits per heavy atom. The highest BCUT2D eigenvalue weighted by molar-refractivity contribution is 5.99. The number of pyridine rings is 1. The maximum atomic E-state index is 13.8. The van der Waals surface area contributed by atoms with Gasteiger partial charge < -0.3 is 25.6 Å². The molecule has 1 aromatic carbocycles. The number of hydrogen-bond acceptors (Lipinski definition) is 5. The Hall–Kier alpha value is -3.27. The Balaban J connectivity index is 2.02. The number of aromatic nitrogens is 1. The van der Waals surface area contributed by atoms with Crippen LogP contribution in [0.5, 0.6) is 5.75 Å². The van der Waals surface area contributed by atoms with Crippen LogP contribution >= 0.6 is 0 Å². The van der Waals surface area contributed by atoms with Crippen LogP contribution in [0, 0.1) is 11.6 Å². The van der Waals surface area contributed by atoms with Gasteiger partial charge in [0.1, 0.15) is 17.2 Å². The SMILES string of the molecule is CCN(C)C(=O)c1c(O)c(=O)c(C(=O)NCc2ccc(F)cc2F)c2n1CC[C@@H]2N. The maximum Gasteiger partial charge on any atom is 0.274 e. The van der Waals surface area contributed by atoms with E-state index >= 15 is 0 Å². The number of halogens is 2. The van der Waals surface area contributed by atoms with Gasteiger partial charge in [-0.25, -0.2) is 8.78 Å². The number of hydrogen-bond donors (Lipinski definition) is 3. The van der Waals surface area contributed by atoms with Gasteiger partial charge in [0, 0.05) is 44.4 Å². The minimum atomic E-state index is -1.02. The minimum absolute atomic E-state index is 0.0198. The quantitative estimate of drug-likeness (QED) is 0.673. The van der Waals surface area contributed by atoms with Gasteiger partial charge in [0.15, 0.2) is 11.4 Å². The predicted octanol–water partition coefficient (Wildman–Crippen LogP) is 1.26. The number of benzene rings is 1. The summed E-state index contributed by atoms with van der Waals surface area (Å²) in [6, 6.07) is 2.21. The molecule has 0 bridgehead atoms. The van der Waals surface area contributed by atoms with Crippen molar-refractivity contribution in [3.63, 3.8) is 0 Å². The number of fused-ring (bicyclic) bond motifs is 1. The van der Waals surface area contributed by atoms with Gasteiger partial charge in [-0.05, 0) is 19.4 Å². The highest BCUT2D eigenvalue weighted by Crippen LogP contribution is 2.31. The number of nitrogens with zero attached hydrogens (tertiary/aromatic N) is 2. The molecule has 1 atom stereocenters. The topological polar surface area (TPSA) is 118 Å². The van der Waals surface area contributed by atoms with Crippen LogP contribution in [0.2, 0.25) is 0 Å². The third-order valence-corrected chi connectivity index (χ3v) is 5.20. The molecule has 0 saturated heterocycles. The molecule has 0 radical (unpaired) electrons. The van der Waals surface area contributed by atoms with Crippen molar-refractivity contribution in [2.24, 2.45) is 5.73 Å². The Morgan fingerprint density at radius 1 is 1.37 bits per heavy atom. The molecule has 0 fully saturated rings. The van der Waals surface area contributed by atoms with E-state index in [1.807, 2.05) is 0 Å². The van der Waals surface area contributed by atoms with Crippen LogP contribution in [-0.2, 0) is 13.1 Å². The van der Waals surface area contributed by atoms with Crippen molar-refractivity contribution in [1.82, 2.24) is 14.8 Å². The molecule has 1 aliphatic rings. The van der Waals surface area contributed by atoms with E-state index in [1.54, 1.807) is 6.92 Å². The molecule has 0 unspecified atom stereocenters. The first-order valence-corrected chi connectivity index (χ1v) is 9.40. The summed E-state index contributed by atoms with van der Waals surface area (Å²) in [4.78, 5) is 39.5. The first-order chi connectivity index (χ1) is 14.2. The zero-order valence-electron chi connectivity index (χ0n) is 16.5. The standard InChI is InChI=1S/C20H22F2N4O4/c1-3-25(2)20(30)16-18(28)17(27)14(15-13(23)6-7-26(15)16)19(29)24-9-10-4-5-11(21)8-12(10)22/h4-5,8,13,28H,3,6-7,9,23H2,1-2H3,(H,24,29)/t13-/m0/s1. The molecule has 8 nitrogen and oxygen atoms in total. The average molecular weight is 420 g/mol. The second-order valence-corrected chi connectivity index (χ2v) is 7.07. The summed E-state index contributed by atoms with van der Waals surface area (Å²) in [5, 5.41) is 12.8. The minimum Gasteiger partial charge on any atom is -0.503 e. The van der Waals surface area contributed by atoms with Crippen LogP contribution in [0.25, 0.3) is 0 Å². The monoisotopic (exact) mass is 420 g/mol. The van der Waals surface area contributed by atoms with Gasteiger partial charge in [-0.2, -0.15) is 0 Å². The number of carbonyl (C=O) groups is 2. The van der Waals surface area contributed by atoms with Gasteiger partial charge in [0.2, 0.25) is 5.43 Å². The summed E-state index contributed by atoms with van der Waals surface area (Å²) in [6.07, 6.45) is 0.367. The van der Waals surface area contributed by atoms with Crippen molar-refractivity contribution >= 4 is 11.8 Å². The van der Waals surface area contributed by atoms with Crippen molar-refractivity contribution in [2.45, 2.75) is 32.5 Å². The number of aromatic hydroxyl groups is 1. The molecular weight excluding hydrogens is 398 g/mol. The van der Waals surface area contributed by atoms with Crippen molar-refractivity contribution in [1.29, 1.82) is 0 Å². The third kappa shape index (κ3) is 3.65. The zero-order valence-corrected chi connectivity index (χ0v) is 16.5. The van der Waals surface area contributed by atoms with E-state index < -0.39 is 46.2 Å². The molecule has 2 aromatic rings. The fourth-order valence-corrected chi connectivity index (χ4v) is 3.44. The predicted molar refractivity (Wildman–Crippen MR) is 104 cm³/mol. The summed E-state index contributed by atoms with van der Waals surface area (Å²) in [7, 11) is 1.52. The molecule has 3 rings (SSSR count). The Labute approximate surface area is 170 Å². The average Bonchev–Trinajstić information content (AvgIpc) is 3.08. The van der Waals surface area contributed by atoms with E-state index in [1.165, 1.54) is 22.6 Å². The van der Waals surface area contributed by atoms with Crippen LogP contribution in [0.4, 0.5) is 8.78 Å². The van der Waals surface area contributed by atoms with Crippen LogP contribution < -0.4 is 16.5 Å². The summed E-state index contributed by atoms with van der Waals surface area (Å²) >= 11 is 0. The summed E-state index contributed by atoms with van der Waals surface area (Å²) in [5.74, 6) is -3.88. The van der Waals surface area contributed by atoms with Gasteiger partial charge in [-0.15, -0.1) is 0 Å². The Morgan fingerprint density at radius 2 is 2.07 bits per heavy atom. The van der Waals surface area contributed by atoms with Crippen LogP contribution in [0.1, 0.15) is 51.5 Å². The van der Waals surface area contributed by atoms with Crippen molar-refractivity contribution in [2.75, 3.05) is 13.6 Å². The molecule has 2 amide bonds. The first-order valence-electron chi connectivity index (χ1n) is 9.40. The van der Waals surface area contributed by atoms with E-state index in [0.29, 0.717) is 19.0 Å². The lowest BCUT2D eigenvalue weighted by molar-refractivity contribution is 0.0785. The fourth-order valence-electron chi connectivity index (χ4n) is 3.44. The smallest absolute Gasteiger partial charge is 0.274 e. The largest absolute Gasteiger partial charge is 0.503 e. The van der Waals surface area contributed by atoms with Gasteiger partial charge in [0.25, 0.3) is 11.8 Å². The van der Waals surface area contributed by atoms with Gasteiger partial charge in [-0.1, -0.05) is 6.07 Å². The lowest BCUT2D eigenvalue weighted by Crippen LogP contribution is -2.36. The number of carbonyl (C=O) groups excluding carboxylic acids is 2. The van der Waals surface area contributed by atoms with E-state index in [-0.39, 0.29) is 30.0 Å². The molecule has 160 valence electrons. The molecular formula is C20H22F2N4O4.